The van der Waals surface area contributed by atoms with E-state index >= 15 is 0 Å². The lowest BCUT2D eigenvalue weighted by Crippen LogP contribution is -2.23. The average molecular weight is 246 g/mol. The van der Waals surface area contributed by atoms with E-state index < -0.39 is 0 Å². The maximum absolute atomic E-state index is 4.53. The summed E-state index contributed by atoms with van der Waals surface area (Å²) < 4.78 is 1.30. The van der Waals surface area contributed by atoms with Gasteiger partial charge in [-0.15, -0.1) is 11.3 Å². The number of fused-ring (bicyclic) bond motifs is 1. The van der Waals surface area contributed by atoms with E-state index in [4.69, 9.17) is 0 Å². The normalized spacial score (nSPS) is 18.2. The molecule has 2 nitrogen and oxygen atoms in total. The van der Waals surface area contributed by atoms with Crippen molar-refractivity contribution in [3.8, 4) is 0 Å². The van der Waals surface area contributed by atoms with Gasteiger partial charge in [-0.3, -0.25) is 4.98 Å². The summed E-state index contributed by atoms with van der Waals surface area (Å²) in [6.07, 6.45) is 7.53. The van der Waals surface area contributed by atoms with Crippen molar-refractivity contribution in [3.63, 3.8) is 0 Å². The fourth-order valence-corrected chi connectivity index (χ4v) is 3.32. The first-order valence-electron chi connectivity index (χ1n) is 6.37. The number of aromatic nitrogens is 1. The van der Waals surface area contributed by atoms with Crippen LogP contribution in [0.3, 0.4) is 0 Å². The monoisotopic (exact) mass is 246 g/mol. The Balaban J connectivity index is 1.83. The zero-order valence-corrected chi connectivity index (χ0v) is 11.0. The van der Waals surface area contributed by atoms with Crippen LogP contribution in [0.4, 0.5) is 0 Å². The smallest absolute Gasteiger partial charge is 0.0809 e. The first-order chi connectivity index (χ1) is 8.36. The molecule has 0 saturated heterocycles. The zero-order valence-electron chi connectivity index (χ0n) is 10.1. The molecule has 0 spiro atoms. The van der Waals surface area contributed by atoms with Gasteiger partial charge in [0.1, 0.15) is 0 Å². The number of thiophene rings is 1. The van der Waals surface area contributed by atoms with E-state index in [1.165, 1.54) is 35.9 Å². The summed E-state index contributed by atoms with van der Waals surface area (Å²) in [7, 11) is 2.06. The van der Waals surface area contributed by atoms with Crippen LogP contribution in [0.15, 0.2) is 23.7 Å². The topological polar surface area (TPSA) is 24.9 Å². The molecule has 1 aliphatic carbocycles. The molecule has 0 amide bonds. The van der Waals surface area contributed by atoms with Gasteiger partial charge in [0.05, 0.1) is 10.2 Å². The van der Waals surface area contributed by atoms with Gasteiger partial charge in [0.15, 0.2) is 0 Å². The molecule has 0 aliphatic heterocycles. The van der Waals surface area contributed by atoms with E-state index in [0.717, 1.165) is 11.4 Å². The fourth-order valence-electron chi connectivity index (χ4n) is 2.53. The third-order valence-electron chi connectivity index (χ3n) is 3.87. The Morgan fingerprint density at radius 2 is 2.41 bits per heavy atom. The van der Waals surface area contributed by atoms with E-state index in [2.05, 4.69) is 34.9 Å². The zero-order chi connectivity index (χ0) is 11.7. The molecule has 17 heavy (non-hydrogen) atoms. The molecule has 0 aromatic carbocycles. The van der Waals surface area contributed by atoms with Crippen LogP contribution in [-0.2, 0) is 0 Å². The Morgan fingerprint density at radius 1 is 1.53 bits per heavy atom. The Morgan fingerprint density at radius 3 is 3.12 bits per heavy atom. The van der Waals surface area contributed by atoms with Crippen molar-refractivity contribution in [2.75, 3.05) is 7.05 Å². The van der Waals surface area contributed by atoms with Crippen LogP contribution in [-0.4, -0.2) is 12.0 Å². The molecule has 2 heterocycles. The van der Waals surface area contributed by atoms with E-state index in [-0.39, 0.29) is 0 Å². The van der Waals surface area contributed by atoms with Gasteiger partial charge in [0, 0.05) is 12.2 Å². The fraction of sp³-hybridized carbons (Fsp3) is 0.500. The van der Waals surface area contributed by atoms with Gasteiger partial charge >= 0.3 is 0 Å². The Kier molecular flexibility index (Phi) is 3.12. The average Bonchev–Trinajstić information content (AvgIpc) is 2.75. The summed E-state index contributed by atoms with van der Waals surface area (Å²) in [4.78, 5) is 4.53. The van der Waals surface area contributed by atoms with Crippen molar-refractivity contribution in [3.05, 3.63) is 29.3 Å². The summed E-state index contributed by atoms with van der Waals surface area (Å²) in [5, 5.41) is 5.55. The van der Waals surface area contributed by atoms with E-state index in [0.29, 0.717) is 6.04 Å². The molecule has 0 radical (unpaired) electrons. The molecular formula is C14H18N2S. The highest BCUT2D eigenvalue weighted by Crippen LogP contribution is 2.35. The maximum Gasteiger partial charge on any atom is 0.0809 e. The van der Waals surface area contributed by atoms with Crippen LogP contribution >= 0.6 is 11.3 Å². The summed E-state index contributed by atoms with van der Waals surface area (Å²) in [5.41, 5.74) is 2.46. The van der Waals surface area contributed by atoms with Gasteiger partial charge in [-0.2, -0.15) is 0 Å². The van der Waals surface area contributed by atoms with Gasteiger partial charge in [0.2, 0.25) is 0 Å². The highest BCUT2D eigenvalue weighted by atomic mass is 32.1. The van der Waals surface area contributed by atoms with E-state index in [1.807, 2.05) is 6.20 Å². The lowest BCUT2D eigenvalue weighted by Gasteiger charge is -2.29. The van der Waals surface area contributed by atoms with Crippen molar-refractivity contribution in [1.82, 2.24) is 10.3 Å². The predicted octanol–water partition coefficient (Wildman–Crippen LogP) is 3.75. The number of rotatable bonds is 4. The summed E-state index contributed by atoms with van der Waals surface area (Å²) >= 11 is 1.78. The molecule has 1 unspecified atom stereocenters. The van der Waals surface area contributed by atoms with Gasteiger partial charge in [-0.05, 0) is 42.5 Å². The molecule has 1 aliphatic rings. The first-order valence-corrected chi connectivity index (χ1v) is 7.25. The van der Waals surface area contributed by atoms with Crippen molar-refractivity contribution >= 4 is 21.6 Å². The minimum Gasteiger partial charge on any atom is -0.313 e. The maximum atomic E-state index is 4.53. The van der Waals surface area contributed by atoms with Gasteiger partial charge in [-0.25, -0.2) is 0 Å². The van der Waals surface area contributed by atoms with Crippen LogP contribution in [0.2, 0.25) is 0 Å². The summed E-state index contributed by atoms with van der Waals surface area (Å²) in [6.45, 7) is 0. The van der Waals surface area contributed by atoms with Crippen LogP contribution in [0, 0.1) is 5.92 Å². The Bertz CT molecular complexity index is 502. The van der Waals surface area contributed by atoms with Crippen molar-refractivity contribution in [1.29, 1.82) is 0 Å². The van der Waals surface area contributed by atoms with Crippen LogP contribution < -0.4 is 5.32 Å². The minimum atomic E-state index is 0.472. The quantitative estimate of drug-likeness (QED) is 0.888. The molecule has 1 saturated carbocycles. The molecule has 3 rings (SSSR count). The number of hydrogen-bond acceptors (Lipinski definition) is 3. The van der Waals surface area contributed by atoms with Crippen LogP contribution in [0.5, 0.6) is 0 Å². The molecule has 2 aromatic heterocycles. The number of nitrogens with zero attached hydrogens (tertiary/aromatic N) is 1. The highest BCUT2D eigenvalue weighted by Gasteiger charge is 2.22. The summed E-state index contributed by atoms with van der Waals surface area (Å²) in [6, 6.07) is 4.86. The van der Waals surface area contributed by atoms with Crippen LogP contribution in [0.1, 0.15) is 37.3 Å². The van der Waals surface area contributed by atoms with Gasteiger partial charge < -0.3 is 5.32 Å². The second-order valence-corrected chi connectivity index (χ2v) is 5.89. The van der Waals surface area contributed by atoms with Crippen molar-refractivity contribution in [2.45, 2.75) is 31.7 Å². The third-order valence-corrected chi connectivity index (χ3v) is 4.72. The first kappa shape index (κ1) is 11.2. The molecule has 3 heteroatoms. The predicted molar refractivity (Wildman–Crippen MR) is 73.4 cm³/mol. The standard InChI is InChI=1S/C14H18N2S/c1-15-13(7-10-3-2-4-10)11-8-14-12(16-9-11)5-6-17-14/h5-6,8-10,13,15H,2-4,7H2,1H3. The Labute approximate surface area is 106 Å². The van der Waals surface area contributed by atoms with E-state index in [9.17, 15) is 0 Å². The highest BCUT2D eigenvalue weighted by molar-refractivity contribution is 7.17. The third kappa shape index (κ3) is 2.22. The molecule has 1 N–H and O–H groups in total. The van der Waals surface area contributed by atoms with Gasteiger partial charge in [-0.1, -0.05) is 19.3 Å². The molecule has 0 bridgehead atoms. The molecular weight excluding hydrogens is 228 g/mol. The molecule has 1 fully saturated rings. The second kappa shape index (κ2) is 4.75. The molecule has 90 valence electrons. The molecule has 1 atom stereocenters. The lowest BCUT2D eigenvalue weighted by molar-refractivity contribution is 0.265. The van der Waals surface area contributed by atoms with Crippen molar-refractivity contribution < 1.29 is 0 Å². The SMILES string of the molecule is CNC(CC1CCC1)c1cnc2ccsc2c1. The largest absolute Gasteiger partial charge is 0.313 e. The minimum absolute atomic E-state index is 0.472. The number of pyridine rings is 1. The van der Waals surface area contributed by atoms with Gasteiger partial charge in [0.25, 0.3) is 0 Å². The van der Waals surface area contributed by atoms with E-state index in [1.54, 1.807) is 11.3 Å². The van der Waals surface area contributed by atoms with Crippen LogP contribution in [0.25, 0.3) is 10.2 Å². The number of nitrogens with one attached hydrogen (secondary N) is 1. The van der Waals surface area contributed by atoms with Crippen molar-refractivity contribution in [2.24, 2.45) is 5.92 Å². The Hall–Kier alpha value is -0.930. The lowest BCUT2D eigenvalue weighted by atomic mass is 9.80. The summed E-state index contributed by atoms with van der Waals surface area (Å²) in [5.74, 6) is 0.923. The second-order valence-electron chi connectivity index (χ2n) is 4.95. The number of hydrogen-bond donors (Lipinski definition) is 1. The molecule has 2 aromatic rings.